The number of ether oxygens (including phenoxy) is 1. The molecule has 2 aromatic heterocycles. The third kappa shape index (κ3) is 3.57. The van der Waals surface area contributed by atoms with E-state index >= 15 is 0 Å². The van der Waals surface area contributed by atoms with Crippen LogP contribution in [0, 0.1) is 13.8 Å². The summed E-state index contributed by atoms with van der Waals surface area (Å²) in [4.78, 5) is 21.0. The molecule has 7 heteroatoms. The highest BCUT2D eigenvalue weighted by molar-refractivity contribution is 6.21. The number of nitrogens with zero attached hydrogens (tertiary/aromatic N) is 2. The standard InChI is InChI=1S/C23H21N3O4/c1-4-29-23(28)19-20(27)18(11-15-12-25-21-16(15)6-5-9-24-21)30-22(19)26-17-8-7-13(2)10-14(17)3/h5-12,26-27H,4H2,1-3H3. The van der Waals surface area contributed by atoms with Gasteiger partial charge in [-0.2, -0.15) is 0 Å². The number of carbonyl (C=O) groups is 1. The number of hydrogen-bond acceptors (Lipinski definition) is 7. The van der Waals surface area contributed by atoms with Crippen LogP contribution in [0.3, 0.4) is 0 Å². The number of carbonyl (C=O) groups excluding carboxylic acids is 1. The molecule has 0 amide bonds. The molecule has 0 radical (unpaired) electrons. The molecule has 0 saturated carbocycles. The lowest BCUT2D eigenvalue weighted by molar-refractivity contribution is 0.0524. The van der Waals surface area contributed by atoms with E-state index in [2.05, 4.69) is 15.3 Å². The number of fused-ring (bicyclic) bond motifs is 1. The average Bonchev–Trinajstić information content (AvgIpc) is 3.26. The molecule has 0 bridgehead atoms. The molecule has 2 N–H and O–H groups in total. The smallest absolute Gasteiger partial charge is 0.347 e. The maximum absolute atomic E-state index is 12.5. The number of aryl methyl sites for hydroxylation is 2. The van der Waals surface area contributed by atoms with Crippen LogP contribution in [-0.2, 0) is 4.74 Å². The van der Waals surface area contributed by atoms with Gasteiger partial charge in [-0.05, 0) is 50.6 Å². The van der Waals surface area contributed by atoms with E-state index in [9.17, 15) is 9.90 Å². The van der Waals surface area contributed by atoms with Gasteiger partial charge in [0.25, 0.3) is 0 Å². The van der Waals surface area contributed by atoms with Crippen LogP contribution in [0.25, 0.3) is 11.6 Å². The molecule has 152 valence electrons. The first-order valence-corrected chi connectivity index (χ1v) is 9.56. The molecule has 3 heterocycles. The number of nitrogens with one attached hydrogen (secondary N) is 1. The summed E-state index contributed by atoms with van der Waals surface area (Å²) in [6.07, 6.45) is 4.93. The molecule has 1 aromatic carbocycles. The quantitative estimate of drug-likeness (QED) is 0.570. The van der Waals surface area contributed by atoms with Gasteiger partial charge >= 0.3 is 5.97 Å². The molecule has 0 saturated heterocycles. The minimum absolute atomic E-state index is 0.0509. The summed E-state index contributed by atoms with van der Waals surface area (Å²) >= 11 is 0. The van der Waals surface area contributed by atoms with Gasteiger partial charge < -0.3 is 19.6 Å². The van der Waals surface area contributed by atoms with E-state index in [1.54, 1.807) is 31.5 Å². The first-order valence-electron chi connectivity index (χ1n) is 9.56. The Morgan fingerprint density at radius 1 is 1.30 bits per heavy atom. The summed E-state index contributed by atoms with van der Waals surface area (Å²) in [6.45, 7) is 5.83. The molecule has 0 fully saturated rings. The summed E-state index contributed by atoms with van der Waals surface area (Å²) in [5.41, 5.74) is 4.33. The number of aliphatic imine (C=N–C) groups is 1. The molecular weight excluding hydrogens is 382 g/mol. The molecule has 0 spiro atoms. The van der Waals surface area contributed by atoms with Gasteiger partial charge in [-0.3, -0.25) is 0 Å². The molecule has 1 aliphatic rings. The van der Waals surface area contributed by atoms with Crippen molar-refractivity contribution in [3.63, 3.8) is 0 Å². The van der Waals surface area contributed by atoms with Gasteiger partial charge in [0.05, 0.1) is 6.61 Å². The van der Waals surface area contributed by atoms with Crippen LogP contribution in [0.2, 0.25) is 0 Å². The number of esters is 1. The van der Waals surface area contributed by atoms with Crippen LogP contribution in [0.4, 0.5) is 17.4 Å². The topological polar surface area (TPSA) is 97.0 Å². The molecular formula is C23H21N3O4. The van der Waals surface area contributed by atoms with Crippen molar-refractivity contribution >= 4 is 41.2 Å². The normalized spacial score (nSPS) is 13.5. The highest BCUT2D eigenvalue weighted by atomic mass is 16.5. The van der Waals surface area contributed by atoms with Crippen molar-refractivity contribution in [2.75, 3.05) is 11.9 Å². The molecule has 7 nitrogen and oxygen atoms in total. The third-order valence-electron chi connectivity index (χ3n) is 4.73. The minimum Gasteiger partial charge on any atom is -0.504 e. The van der Waals surface area contributed by atoms with Gasteiger partial charge in [-0.25, -0.2) is 14.8 Å². The average molecular weight is 403 g/mol. The predicted molar refractivity (Wildman–Crippen MR) is 116 cm³/mol. The molecule has 4 rings (SSSR count). The zero-order valence-corrected chi connectivity index (χ0v) is 16.9. The van der Waals surface area contributed by atoms with E-state index in [0.29, 0.717) is 5.82 Å². The Hall–Kier alpha value is -3.87. The van der Waals surface area contributed by atoms with Crippen molar-refractivity contribution in [3.05, 3.63) is 64.5 Å². The lowest BCUT2D eigenvalue weighted by Gasteiger charge is -2.09. The Morgan fingerprint density at radius 2 is 2.13 bits per heavy atom. The van der Waals surface area contributed by atoms with Gasteiger partial charge in [-0.1, -0.05) is 17.7 Å². The molecule has 3 aromatic rings. The van der Waals surface area contributed by atoms with Gasteiger partial charge in [0.1, 0.15) is 0 Å². The zero-order valence-electron chi connectivity index (χ0n) is 16.9. The molecule has 0 unspecified atom stereocenters. The highest BCUT2D eigenvalue weighted by Crippen LogP contribution is 2.39. The van der Waals surface area contributed by atoms with Crippen molar-refractivity contribution in [1.29, 1.82) is 0 Å². The first-order chi connectivity index (χ1) is 14.5. The van der Waals surface area contributed by atoms with Crippen LogP contribution < -0.4 is 5.32 Å². The minimum atomic E-state index is -0.669. The molecule has 0 atom stereocenters. The van der Waals surface area contributed by atoms with Gasteiger partial charge in [0.15, 0.2) is 22.9 Å². The van der Waals surface area contributed by atoms with Crippen molar-refractivity contribution in [2.45, 2.75) is 20.8 Å². The number of rotatable bonds is 5. The van der Waals surface area contributed by atoms with Crippen molar-refractivity contribution in [1.82, 2.24) is 4.98 Å². The summed E-state index contributed by atoms with van der Waals surface area (Å²) in [7, 11) is 0. The Morgan fingerprint density at radius 3 is 2.90 bits per heavy atom. The Balaban J connectivity index is 1.78. The van der Waals surface area contributed by atoms with Crippen LogP contribution in [0.1, 0.15) is 39.7 Å². The second-order valence-electron chi connectivity index (χ2n) is 6.92. The highest BCUT2D eigenvalue weighted by Gasteiger charge is 2.27. The number of aromatic hydroxyl groups is 1. The summed E-state index contributed by atoms with van der Waals surface area (Å²) < 4.78 is 11.0. The van der Waals surface area contributed by atoms with E-state index < -0.39 is 5.97 Å². The van der Waals surface area contributed by atoms with E-state index in [1.807, 2.05) is 38.1 Å². The molecule has 1 aliphatic heterocycles. The van der Waals surface area contributed by atoms with Gasteiger partial charge in [-0.15, -0.1) is 0 Å². The third-order valence-corrected chi connectivity index (χ3v) is 4.73. The fourth-order valence-electron chi connectivity index (χ4n) is 3.28. The Bertz CT molecular complexity index is 1190. The fraction of sp³-hybridized carbons (Fsp3) is 0.174. The maximum Gasteiger partial charge on any atom is 0.347 e. The van der Waals surface area contributed by atoms with E-state index in [4.69, 9.17) is 9.15 Å². The van der Waals surface area contributed by atoms with Crippen LogP contribution >= 0.6 is 0 Å². The lowest BCUT2D eigenvalue weighted by atomic mass is 10.1. The first kappa shape index (κ1) is 19.4. The molecule has 0 aliphatic carbocycles. The summed E-state index contributed by atoms with van der Waals surface area (Å²) in [5, 5.41) is 13.9. The van der Waals surface area contributed by atoms with E-state index in [0.717, 1.165) is 28.0 Å². The van der Waals surface area contributed by atoms with E-state index in [-0.39, 0.29) is 29.6 Å². The van der Waals surface area contributed by atoms with Crippen molar-refractivity contribution < 1.29 is 19.1 Å². The summed E-state index contributed by atoms with van der Waals surface area (Å²) in [6, 6.07) is 9.53. The van der Waals surface area contributed by atoms with Crippen LogP contribution in [0.5, 0.6) is 5.75 Å². The van der Waals surface area contributed by atoms with E-state index in [1.165, 1.54) is 0 Å². The van der Waals surface area contributed by atoms with Gasteiger partial charge in [0, 0.05) is 29.2 Å². The van der Waals surface area contributed by atoms with Crippen LogP contribution in [-0.4, -0.2) is 28.9 Å². The number of furan rings is 1. The fourth-order valence-corrected chi connectivity index (χ4v) is 3.28. The number of aromatic nitrogens is 1. The number of anilines is 2. The monoisotopic (exact) mass is 403 g/mol. The van der Waals surface area contributed by atoms with Crippen molar-refractivity contribution in [3.8, 4) is 5.75 Å². The maximum atomic E-state index is 12.5. The van der Waals surface area contributed by atoms with Crippen LogP contribution in [0.15, 0.2) is 45.9 Å². The Kier molecular flexibility index (Phi) is 5.10. The molecule has 30 heavy (non-hydrogen) atoms. The second kappa shape index (κ2) is 7.87. The number of allylic oxidation sites excluding steroid dienone is 1. The number of benzene rings is 1. The second-order valence-corrected chi connectivity index (χ2v) is 6.92. The number of hydrogen-bond donors (Lipinski definition) is 2. The zero-order chi connectivity index (χ0) is 21.3. The largest absolute Gasteiger partial charge is 0.504 e. The predicted octanol–water partition coefficient (Wildman–Crippen LogP) is 5.17. The SMILES string of the molecule is CCOC(=O)c1c(Nc2ccc(C)cc2C)oc(C=C2C=Nc3ncccc32)c1O. The lowest BCUT2D eigenvalue weighted by Crippen LogP contribution is -2.06. The van der Waals surface area contributed by atoms with Gasteiger partial charge in [0.2, 0.25) is 5.88 Å². The number of pyridine rings is 1. The Labute approximate surface area is 173 Å². The van der Waals surface area contributed by atoms with Crippen molar-refractivity contribution in [2.24, 2.45) is 4.99 Å². The summed E-state index contributed by atoms with van der Waals surface area (Å²) in [5.74, 6) is -0.125.